The monoisotopic (exact) mass is 164 g/mol. The predicted molar refractivity (Wildman–Crippen MR) is 41.2 cm³/mol. The Labute approximate surface area is 66.5 Å². The molecule has 0 rings (SSSR count). The van der Waals surface area contributed by atoms with E-state index < -0.39 is 5.38 Å². The zero-order valence-electron chi connectivity index (χ0n) is 6.39. The molecule has 0 radical (unpaired) electrons. The molecule has 0 saturated heterocycles. The summed E-state index contributed by atoms with van der Waals surface area (Å²) in [7, 11) is 0. The van der Waals surface area contributed by atoms with Crippen molar-refractivity contribution in [2.45, 2.75) is 32.1 Å². The van der Waals surface area contributed by atoms with Gasteiger partial charge >= 0.3 is 5.97 Å². The quantitative estimate of drug-likeness (QED) is 0.469. The van der Waals surface area contributed by atoms with Crippen LogP contribution in [0.2, 0.25) is 0 Å². The minimum Gasteiger partial charge on any atom is -0.465 e. The molecule has 0 amide bonds. The van der Waals surface area contributed by atoms with Crippen molar-refractivity contribution in [2.75, 3.05) is 6.61 Å². The summed E-state index contributed by atoms with van der Waals surface area (Å²) in [6, 6.07) is 0. The van der Waals surface area contributed by atoms with Crippen LogP contribution < -0.4 is 0 Å². The van der Waals surface area contributed by atoms with E-state index in [9.17, 15) is 4.79 Å². The third-order valence-electron chi connectivity index (χ3n) is 1.08. The first-order chi connectivity index (χ1) is 4.72. The van der Waals surface area contributed by atoms with Gasteiger partial charge < -0.3 is 4.74 Å². The first-order valence-corrected chi connectivity index (χ1v) is 3.96. The Morgan fingerprint density at radius 3 is 2.60 bits per heavy atom. The van der Waals surface area contributed by atoms with Crippen LogP contribution in [0, 0.1) is 0 Å². The van der Waals surface area contributed by atoms with E-state index in [0.717, 1.165) is 6.42 Å². The van der Waals surface area contributed by atoms with Gasteiger partial charge in [-0.25, -0.2) is 0 Å². The van der Waals surface area contributed by atoms with Gasteiger partial charge in [0.05, 0.1) is 6.61 Å². The van der Waals surface area contributed by atoms with Crippen LogP contribution in [0.4, 0.5) is 0 Å². The number of alkyl halides is 1. The first-order valence-electron chi connectivity index (χ1n) is 3.53. The molecule has 0 aliphatic heterocycles. The van der Waals surface area contributed by atoms with Gasteiger partial charge in [-0.3, -0.25) is 4.79 Å². The number of esters is 1. The van der Waals surface area contributed by atoms with Crippen molar-refractivity contribution in [3.8, 4) is 0 Å². The van der Waals surface area contributed by atoms with Gasteiger partial charge in [0.25, 0.3) is 0 Å². The maximum Gasteiger partial charge on any atom is 0.324 e. The highest BCUT2D eigenvalue weighted by Crippen LogP contribution is 2.06. The van der Waals surface area contributed by atoms with E-state index in [2.05, 4.69) is 4.74 Å². The average molecular weight is 165 g/mol. The number of ether oxygens (including phenoxy) is 1. The third kappa shape index (κ3) is 3.72. The van der Waals surface area contributed by atoms with E-state index >= 15 is 0 Å². The molecular formula is C7H13ClO2. The minimum atomic E-state index is -0.454. The lowest BCUT2D eigenvalue weighted by molar-refractivity contribution is -0.142. The summed E-state index contributed by atoms with van der Waals surface area (Å²) in [6.07, 6.45) is 1.60. The second kappa shape index (κ2) is 5.54. The number of hydrogen-bond acceptors (Lipinski definition) is 2. The smallest absolute Gasteiger partial charge is 0.324 e. The number of halogens is 1. The number of hydrogen-bond donors (Lipinski definition) is 0. The van der Waals surface area contributed by atoms with E-state index in [1.54, 1.807) is 6.92 Å². The summed E-state index contributed by atoms with van der Waals surface area (Å²) in [5, 5.41) is -0.454. The van der Waals surface area contributed by atoms with Gasteiger partial charge in [-0.2, -0.15) is 0 Å². The molecule has 3 heteroatoms. The Morgan fingerprint density at radius 2 is 2.20 bits per heavy atom. The Morgan fingerprint density at radius 1 is 1.60 bits per heavy atom. The van der Waals surface area contributed by atoms with Gasteiger partial charge in [-0.15, -0.1) is 11.6 Å². The molecule has 0 N–H and O–H groups in total. The van der Waals surface area contributed by atoms with Crippen LogP contribution in [-0.4, -0.2) is 18.0 Å². The Kier molecular flexibility index (Phi) is 5.40. The number of carbonyl (C=O) groups excluding carboxylic acids is 1. The van der Waals surface area contributed by atoms with Crippen molar-refractivity contribution in [3.05, 3.63) is 0 Å². The second-order valence-electron chi connectivity index (χ2n) is 2.01. The van der Waals surface area contributed by atoms with Crippen molar-refractivity contribution < 1.29 is 9.53 Å². The lowest BCUT2D eigenvalue weighted by Crippen LogP contribution is -2.17. The van der Waals surface area contributed by atoms with Crippen LogP contribution in [0.25, 0.3) is 0 Å². The van der Waals surface area contributed by atoms with Crippen molar-refractivity contribution in [1.82, 2.24) is 0 Å². The van der Waals surface area contributed by atoms with Gasteiger partial charge in [-0.1, -0.05) is 13.3 Å². The Balaban J connectivity index is 3.49. The Bertz CT molecular complexity index is 104. The lowest BCUT2D eigenvalue weighted by atomic mass is 10.2. The molecule has 0 aromatic heterocycles. The molecule has 0 fully saturated rings. The zero-order valence-corrected chi connectivity index (χ0v) is 7.15. The van der Waals surface area contributed by atoms with Crippen molar-refractivity contribution in [2.24, 2.45) is 0 Å². The maximum absolute atomic E-state index is 10.8. The summed E-state index contributed by atoms with van der Waals surface area (Å²) < 4.78 is 4.69. The van der Waals surface area contributed by atoms with E-state index in [4.69, 9.17) is 11.6 Å². The highest BCUT2D eigenvalue weighted by Gasteiger charge is 2.13. The fourth-order valence-corrected chi connectivity index (χ4v) is 0.885. The predicted octanol–water partition coefficient (Wildman–Crippen LogP) is 1.96. The summed E-state index contributed by atoms with van der Waals surface area (Å²) in [5.41, 5.74) is 0. The molecule has 0 heterocycles. The summed E-state index contributed by atoms with van der Waals surface area (Å²) in [6.45, 7) is 4.16. The van der Waals surface area contributed by atoms with E-state index in [0.29, 0.717) is 13.0 Å². The molecule has 10 heavy (non-hydrogen) atoms. The topological polar surface area (TPSA) is 26.3 Å². The molecule has 1 unspecified atom stereocenters. The SMILES string of the molecule is CCCC(Cl)C(=O)OCC. The van der Waals surface area contributed by atoms with Gasteiger partial charge in [0.15, 0.2) is 0 Å². The molecule has 1 atom stereocenters. The van der Waals surface area contributed by atoms with Crippen LogP contribution in [0.1, 0.15) is 26.7 Å². The van der Waals surface area contributed by atoms with Crippen LogP contribution in [0.15, 0.2) is 0 Å². The van der Waals surface area contributed by atoms with Crippen LogP contribution in [0.3, 0.4) is 0 Å². The molecular weight excluding hydrogens is 152 g/mol. The Hall–Kier alpha value is -0.240. The van der Waals surface area contributed by atoms with E-state index in [-0.39, 0.29) is 5.97 Å². The van der Waals surface area contributed by atoms with E-state index in [1.165, 1.54) is 0 Å². The molecule has 0 spiro atoms. The van der Waals surface area contributed by atoms with Crippen LogP contribution >= 0.6 is 11.6 Å². The second-order valence-corrected chi connectivity index (χ2v) is 2.54. The molecule has 0 aromatic rings. The lowest BCUT2D eigenvalue weighted by Gasteiger charge is -2.05. The maximum atomic E-state index is 10.8. The molecule has 60 valence electrons. The summed E-state index contributed by atoms with van der Waals surface area (Å²) in [4.78, 5) is 10.8. The fourth-order valence-electron chi connectivity index (χ4n) is 0.604. The van der Waals surface area contributed by atoms with Crippen molar-refractivity contribution in [3.63, 3.8) is 0 Å². The largest absolute Gasteiger partial charge is 0.465 e. The third-order valence-corrected chi connectivity index (χ3v) is 1.48. The molecule has 0 bridgehead atoms. The normalized spacial score (nSPS) is 12.7. The highest BCUT2D eigenvalue weighted by atomic mass is 35.5. The minimum absolute atomic E-state index is 0.300. The van der Waals surface area contributed by atoms with Gasteiger partial charge in [0, 0.05) is 0 Å². The molecule has 0 aliphatic carbocycles. The number of carbonyl (C=O) groups is 1. The zero-order chi connectivity index (χ0) is 7.98. The fraction of sp³-hybridized carbons (Fsp3) is 0.857. The van der Waals surface area contributed by atoms with E-state index in [1.807, 2.05) is 6.92 Å². The summed E-state index contributed by atoms with van der Waals surface area (Å²) >= 11 is 5.64. The highest BCUT2D eigenvalue weighted by molar-refractivity contribution is 6.29. The van der Waals surface area contributed by atoms with Crippen molar-refractivity contribution in [1.29, 1.82) is 0 Å². The van der Waals surface area contributed by atoms with Gasteiger partial charge in [0.2, 0.25) is 0 Å². The van der Waals surface area contributed by atoms with Gasteiger partial charge in [0.1, 0.15) is 5.38 Å². The average Bonchev–Trinajstić information content (AvgIpc) is 1.89. The van der Waals surface area contributed by atoms with Crippen LogP contribution in [0.5, 0.6) is 0 Å². The standard InChI is InChI=1S/C7H13ClO2/c1-3-5-6(8)7(9)10-4-2/h6H,3-5H2,1-2H3. The van der Waals surface area contributed by atoms with Gasteiger partial charge in [-0.05, 0) is 13.3 Å². The first kappa shape index (κ1) is 9.76. The van der Waals surface area contributed by atoms with Crippen LogP contribution in [-0.2, 0) is 9.53 Å². The molecule has 2 nitrogen and oxygen atoms in total. The summed E-state index contributed by atoms with van der Waals surface area (Å²) in [5.74, 6) is -0.300. The van der Waals surface area contributed by atoms with Crippen molar-refractivity contribution >= 4 is 17.6 Å². The molecule has 0 aliphatic rings. The molecule has 0 saturated carbocycles. The number of rotatable bonds is 4. The molecule has 0 aromatic carbocycles.